The van der Waals surface area contributed by atoms with E-state index in [4.69, 9.17) is 14.6 Å². The topological polar surface area (TPSA) is 96.2 Å². The van der Waals surface area contributed by atoms with Crippen LogP contribution in [-0.4, -0.2) is 58.9 Å². The fraction of sp³-hybridized carbons (Fsp3) is 0.958. The molecule has 0 saturated carbocycles. The van der Waals surface area contributed by atoms with Crippen LogP contribution in [-0.2, 0) is 14.3 Å². The monoisotopic (exact) mass is 430 g/mol. The second-order valence-electron chi connectivity index (χ2n) is 8.77. The summed E-state index contributed by atoms with van der Waals surface area (Å²) in [6, 6.07) is 0. The Morgan fingerprint density at radius 1 is 0.900 bits per heavy atom. The van der Waals surface area contributed by atoms with Crippen LogP contribution in [0.25, 0.3) is 0 Å². The largest absolute Gasteiger partial charge is 0.457 e. The first-order valence-corrected chi connectivity index (χ1v) is 12.4. The first kappa shape index (κ1) is 27.3. The molecule has 3 N–H and O–H groups in total. The van der Waals surface area contributed by atoms with Crippen molar-refractivity contribution in [3.63, 3.8) is 0 Å². The molecular formula is C24H46O6. The van der Waals surface area contributed by atoms with Crippen LogP contribution in [0, 0.1) is 0 Å². The Kier molecular flexibility index (Phi) is 16.3. The van der Waals surface area contributed by atoms with Crippen LogP contribution < -0.4 is 0 Å². The van der Waals surface area contributed by atoms with E-state index in [2.05, 4.69) is 6.92 Å². The van der Waals surface area contributed by atoms with Gasteiger partial charge in [-0.15, -0.1) is 0 Å². The summed E-state index contributed by atoms with van der Waals surface area (Å²) in [4.78, 5) is 11.9. The van der Waals surface area contributed by atoms with Gasteiger partial charge in [-0.05, 0) is 6.42 Å². The molecule has 0 amide bonds. The lowest BCUT2D eigenvalue weighted by Gasteiger charge is -2.20. The number of aliphatic hydroxyl groups is 3. The van der Waals surface area contributed by atoms with E-state index in [1.165, 1.54) is 77.0 Å². The van der Waals surface area contributed by atoms with Gasteiger partial charge in [0.15, 0.2) is 6.10 Å². The molecule has 0 aromatic rings. The lowest BCUT2D eigenvalue weighted by atomic mass is 10.0. The minimum atomic E-state index is -1.17. The van der Waals surface area contributed by atoms with Gasteiger partial charge in [0.05, 0.1) is 13.2 Å². The average molecular weight is 431 g/mol. The molecule has 4 atom stereocenters. The van der Waals surface area contributed by atoms with Crippen LogP contribution in [0.5, 0.6) is 0 Å². The zero-order chi connectivity index (χ0) is 22.0. The van der Waals surface area contributed by atoms with E-state index < -0.39 is 31.0 Å². The zero-order valence-corrected chi connectivity index (χ0v) is 19.1. The third-order valence-electron chi connectivity index (χ3n) is 6.00. The van der Waals surface area contributed by atoms with Gasteiger partial charge in [0.25, 0.3) is 0 Å². The molecule has 1 saturated heterocycles. The minimum Gasteiger partial charge on any atom is -0.457 e. The van der Waals surface area contributed by atoms with E-state index in [-0.39, 0.29) is 12.6 Å². The predicted molar refractivity (Wildman–Crippen MR) is 118 cm³/mol. The van der Waals surface area contributed by atoms with Gasteiger partial charge in [-0.1, -0.05) is 96.8 Å². The third-order valence-corrected chi connectivity index (χ3v) is 6.00. The maximum Gasteiger partial charge on any atom is 0.306 e. The van der Waals surface area contributed by atoms with E-state index in [0.29, 0.717) is 6.42 Å². The normalized spacial score (nSPS) is 22.3. The number of carbonyl (C=O) groups excluding carboxylic acids is 1. The van der Waals surface area contributed by atoms with Gasteiger partial charge in [-0.3, -0.25) is 4.79 Å². The highest BCUT2D eigenvalue weighted by Gasteiger charge is 2.42. The summed E-state index contributed by atoms with van der Waals surface area (Å²) >= 11 is 0. The molecule has 0 radical (unpaired) electrons. The SMILES string of the molecule is CCCCCCCCCCCCCCCCCC(=O)O[C@@H]1CO[C@H]([C@H](O)CO)[C@@H]1O. The van der Waals surface area contributed by atoms with Crippen LogP contribution >= 0.6 is 0 Å². The molecule has 1 heterocycles. The molecule has 30 heavy (non-hydrogen) atoms. The summed E-state index contributed by atoms with van der Waals surface area (Å²) in [5.74, 6) is -0.337. The Balaban J connectivity index is 1.87. The minimum absolute atomic E-state index is 0.0491. The van der Waals surface area contributed by atoms with E-state index in [0.717, 1.165) is 19.3 Å². The Bertz CT molecular complexity index is 417. The van der Waals surface area contributed by atoms with Gasteiger partial charge in [0, 0.05) is 6.42 Å². The number of hydrogen-bond donors (Lipinski definition) is 3. The second kappa shape index (κ2) is 17.9. The van der Waals surface area contributed by atoms with E-state index in [1.54, 1.807) is 0 Å². The number of unbranched alkanes of at least 4 members (excludes halogenated alkanes) is 14. The highest BCUT2D eigenvalue weighted by Crippen LogP contribution is 2.21. The molecular weight excluding hydrogens is 384 g/mol. The predicted octanol–water partition coefficient (Wildman–Crippen LogP) is 4.27. The lowest BCUT2D eigenvalue weighted by Crippen LogP contribution is -2.41. The molecule has 1 fully saturated rings. The van der Waals surface area contributed by atoms with Gasteiger partial charge in [0.2, 0.25) is 0 Å². The smallest absolute Gasteiger partial charge is 0.306 e. The maximum atomic E-state index is 11.9. The van der Waals surface area contributed by atoms with Crippen molar-refractivity contribution in [2.75, 3.05) is 13.2 Å². The molecule has 1 aliphatic rings. The zero-order valence-electron chi connectivity index (χ0n) is 19.1. The molecule has 0 spiro atoms. The Morgan fingerprint density at radius 2 is 1.37 bits per heavy atom. The molecule has 6 nitrogen and oxygen atoms in total. The fourth-order valence-electron chi connectivity index (χ4n) is 4.03. The van der Waals surface area contributed by atoms with Crippen molar-refractivity contribution in [3.8, 4) is 0 Å². The standard InChI is InChI=1S/C24H46O6/c1-2-3-4-5-6-7-8-9-10-11-12-13-14-15-16-17-22(27)30-21-19-29-24(23(21)28)20(26)18-25/h20-21,23-26,28H,2-19H2,1H3/t20-,21-,23-,24-/m1/s1. The third kappa shape index (κ3) is 12.2. The summed E-state index contributed by atoms with van der Waals surface area (Å²) in [7, 11) is 0. The molecule has 0 aromatic heterocycles. The summed E-state index contributed by atoms with van der Waals surface area (Å²) in [5, 5.41) is 28.5. The second-order valence-corrected chi connectivity index (χ2v) is 8.77. The van der Waals surface area contributed by atoms with Crippen molar-refractivity contribution in [2.24, 2.45) is 0 Å². The maximum absolute atomic E-state index is 11.9. The van der Waals surface area contributed by atoms with Crippen molar-refractivity contribution in [3.05, 3.63) is 0 Å². The molecule has 0 aliphatic carbocycles. The van der Waals surface area contributed by atoms with Gasteiger partial charge in [-0.25, -0.2) is 0 Å². The van der Waals surface area contributed by atoms with E-state index in [1.807, 2.05) is 0 Å². The van der Waals surface area contributed by atoms with E-state index in [9.17, 15) is 15.0 Å². The molecule has 1 aliphatic heterocycles. The number of rotatable bonds is 19. The summed E-state index contributed by atoms with van der Waals surface area (Å²) in [6.45, 7) is 1.81. The van der Waals surface area contributed by atoms with Gasteiger partial charge >= 0.3 is 5.97 Å². The number of hydrogen-bond acceptors (Lipinski definition) is 6. The van der Waals surface area contributed by atoms with Crippen LogP contribution in [0.1, 0.15) is 110 Å². The van der Waals surface area contributed by atoms with Crippen LogP contribution in [0.15, 0.2) is 0 Å². The fourth-order valence-corrected chi connectivity index (χ4v) is 4.03. The molecule has 0 bridgehead atoms. The molecule has 178 valence electrons. The Hall–Kier alpha value is -0.690. The Morgan fingerprint density at radius 3 is 1.83 bits per heavy atom. The van der Waals surface area contributed by atoms with Crippen molar-refractivity contribution in [1.82, 2.24) is 0 Å². The number of esters is 1. The average Bonchev–Trinajstić information content (AvgIpc) is 3.10. The molecule has 6 heteroatoms. The first-order valence-electron chi connectivity index (χ1n) is 12.4. The molecule has 0 aromatic carbocycles. The van der Waals surface area contributed by atoms with Crippen molar-refractivity contribution in [1.29, 1.82) is 0 Å². The summed E-state index contributed by atoms with van der Waals surface area (Å²) in [6.07, 6.45) is 15.6. The highest BCUT2D eigenvalue weighted by molar-refractivity contribution is 5.69. The van der Waals surface area contributed by atoms with Crippen molar-refractivity contribution < 1.29 is 29.6 Å². The summed E-state index contributed by atoms with van der Waals surface area (Å²) in [5.41, 5.74) is 0. The number of aliphatic hydroxyl groups excluding tert-OH is 3. The van der Waals surface area contributed by atoms with Crippen LogP contribution in [0.3, 0.4) is 0 Å². The number of carbonyl (C=O) groups is 1. The van der Waals surface area contributed by atoms with Crippen LogP contribution in [0.2, 0.25) is 0 Å². The lowest BCUT2D eigenvalue weighted by molar-refractivity contribution is -0.153. The van der Waals surface area contributed by atoms with Crippen molar-refractivity contribution in [2.45, 2.75) is 134 Å². The highest BCUT2D eigenvalue weighted by atomic mass is 16.6. The molecule has 1 rings (SSSR count). The van der Waals surface area contributed by atoms with Gasteiger partial charge in [0.1, 0.15) is 18.3 Å². The van der Waals surface area contributed by atoms with Gasteiger partial charge < -0.3 is 24.8 Å². The van der Waals surface area contributed by atoms with Gasteiger partial charge in [-0.2, -0.15) is 0 Å². The summed E-state index contributed by atoms with van der Waals surface area (Å²) < 4.78 is 10.5. The van der Waals surface area contributed by atoms with Crippen molar-refractivity contribution >= 4 is 5.97 Å². The van der Waals surface area contributed by atoms with Crippen LogP contribution in [0.4, 0.5) is 0 Å². The number of ether oxygens (including phenoxy) is 2. The van der Waals surface area contributed by atoms with E-state index >= 15 is 0 Å². The Labute approximate surface area is 183 Å². The molecule has 0 unspecified atom stereocenters. The first-order chi connectivity index (χ1) is 14.6. The quantitative estimate of drug-likeness (QED) is 0.209.